The molecule has 0 heterocycles. The van der Waals surface area contributed by atoms with E-state index < -0.39 is 10.9 Å². The first-order chi connectivity index (χ1) is 14.8. The average Bonchev–Trinajstić information content (AvgIpc) is 2.77. The minimum Gasteiger partial charge on any atom is -0.487 e. The number of carbonyl (C=O) groups is 2. The molecule has 3 aromatic rings. The van der Waals surface area contributed by atoms with E-state index in [9.17, 15) is 19.7 Å². The first kappa shape index (κ1) is 21.5. The molecule has 158 valence electrons. The van der Waals surface area contributed by atoms with Crippen molar-refractivity contribution in [3.63, 3.8) is 0 Å². The minimum absolute atomic E-state index is 0.0903. The summed E-state index contributed by atoms with van der Waals surface area (Å²) >= 11 is 0. The summed E-state index contributed by atoms with van der Waals surface area (Å²) in [5, 5.41) is 19.8. The number of aryl methyl sites for hydroxylation is 1. The third-order valence-corrected chi connectivity index (χ3v) is 4.70. The van der Waals surface area contributed by atoms with Crippen LogP contribution < -0.4 is 9.64 Å². The Bertz CT molecular complexity index is 1120. The Hall–Kier alpha value is -4.20. The highest BCUT2D eigenvalue weighted by atomic mass is 16.6. The molecule has 0 atom stereocenters. The molecule has 0 saturated heterocycles. The van der Waals surface area contributed by atoms with Crippen molar-refractivity contribution >= 4 is 23.3 Å². The number of hydrogen-bond acceptors (Lipinski definition) is 5. The number of aromatic carboxylic acids is 1. The molecule has 3 aromatic carbocycles. The molecule has 1 amide bonds. The van der Waals surface area contributed by atoms with Crippen LogP contribution in [0, 0.1) is 17.0 Å². The largest absolute Gasteiger partial charge is 0.487 e. The Kier molecular flexibility index (Phi) is 6.30. The van der Waals surface area contributed by atoms with E-state index in [0.29, 0.717) is 17.0 Å². The van der Waals surface area contributed by atoms with Crippen molar-refractivity contribution in [1.29, 1.82) is 0 Å². The van der Waals surface area contributed by atoms with Crippen LogP contribution in [0.1, 0.15) is 31.8 Å². The maximum Gasteiger partial charge on any atom is 0.335 e. The molecule has 3 rings (SSSR count). The first-order valence-electron chi connectivity index (χ1n) is 9.34. The number of carboxylic acid groups (broad SMARTS) is 1. The number of ether oxygens (including phenoxy) is 1. The maximum absolute atomic E-state index is 12.9. The van der Waals surface area contributed by atoms with Crippen LogP contribution >= 0.6 is 0 Å². The van der Waals surface area contributed by atoms with E-state index in [1.165, 1.54) is 41.3 Å². The predicted octanol–water partition coefficient (Wildman–Crippen LogP) is 4.46. The molecule has 0 aliphatic rings. The Morgan fingerprint density at radius 1 is 1.00 bits per heavy atom. The highest BCUT2D eigenvalue weighted by Gasteiger charge is 2.18. The number of non-ortho nitro benzene ring substituents is 1. The molecule has 8 heteroatoms. The second-order valence-corrected chi connectivity index (χ2v) is 6.93. The number of hydrogen-bond donors (Lipinski definition) is 1. The average molecular weight is 420 g/mol. The molecule has 0 aliphatic carbocycles. The number of nitro groups is 1. The molecule has 0 saturated carbocycles. The monoisotopic (exact) mass is 420 g/mol. The van der Waals surface area contributed by atoms with Crippen molar-refractivity contribution < 1.29 is 24.4 Å². The van der Waals surface area contributed by atoms with Gasteiger partial charge in [0.15, 0.2) is 0 Å². The van der Waals surface area contributed by atoms with Crippen molar-refractivity contribution in [3.05, 3.63) is 99.1 Å². The van der Waals surface area contributed by atoms with Crippen molar-refractivity contribution in [2.24, 2.45) is 0 Å². The molecule has 0 bridgehead atoms. The van der Waals surface area contributed by atoms with Gasteiger partial charge in [-0.05, 0) is 54.4 Å². The normalized spacial score (nSPS) is 10.4. The summed E-state index contributed by atoms with van der Waals surface area (Å²) in [4.78, 5) is 35.6. The maximum atomic E-state index is 12.9. The summed E-state index contributed by atoms with van der Waals surface area (Å²) < 4.78 is 5.93. The summed E-state index contributed by atoms with van der Waals surface area (Å²) in [5.74, 6) is -0.852. The number of benzene rings is 3. The molecule has 0 radical (unpaired) electrons. The zero-order valence-electron chi connectivity index (χ0n) is 16.9. The van der Waals surface area contributed by atoms with Gasteiger partial charge in [-0.15, -0.1) is 0 Å². The Morgan fingerprint density at radius 3 is 2.19 bits per heavy atom. The number of carbonyl (C=O) groups excluding carboxylic acids is 1. The Labute approximate surface area is 178 Å². The second kappa shape index (κ2) is 9.08. The summed E-state index contributed by atoms with van der Waals surface area (Å²) in [6, 6.07) is 17.2. The number of rotatable bonds is 7. The lowest BCUT2D eigenvalue weighted by atomic mass is 10.1. The fourth-order valence-electron chi connectivity index (χ4n) is 2.95. The van der Waals surface area contributed by atoms with Crippen molar-refractivity contribution in [1.82, 2.24) is 0 Å². The highest BCUT2D eigenvalue weighted by Crippen LogP contribution is 2.31. The third kappa shape index (κ3) is 5.05. The fraction of sp³-hybridized carbons (Fsp3) is 0.130. The van der Waals surface area contributed by atoms with Gasteiger partial charge >= 0.3 is 5.97 Å². The summed E-state index contributed by atoms with van der Waals surface area (Å²) in [5.41, 5.74) is 2.67. The van der Waals surface area contributed by atoms with E-state index in [4.69, 9.17) is 9.84 Å². The van der Waals surface area contributed by atoms with Crippen molar-refractivity contribution in [2.75, 3.05) is 11.9 Å². The lowest BCUT2D eigenvalue weighted by Crippen LogP contribution is -2.26. The van der Waals surface area contributed by atoms with E-state index in [0.717, 1.165) is 11.1 Å². The van der Waals surface area contributed by atoms with Crippen LogP contribution in [0.3, 0.4) is 0 Å². The van der Waals surface area contributed by atoms with Gasteiger partial charge in [0.25, 0.3) is 11.6 Å². The molecule has 0 fully saturated rings. The summed E-state index contributed by atoms with van der Waals surface area (Å²) in [6.45, 7) is 2.09. The van der Waals surface area contributed by atoms with Gasteiger partial charge in [-0.25, -0.2) is 4.79 Å². The van der Waals surface area contributed by atoms with E-state index in [2.05, 4.69) is 0 Å². The molecule has 1 N–H and O–H groups in total. The quantitative estimate of drug-likeness (QED) is 0.446. The van der Waals surface area contributed by atoms with E-state index in [1.54, 1.807) is 31.3 Å². The van der Waals surface area contributed by atoms with E-state index in [-0.39, 0.29) is 23.8 Å². The Balaban J connectivity index is 1.80. The van der Waals surface area contributed by atoms with Gasteiger partial charge in [-0.2, -0.15) is 0 Å². The van der Waals surface area contributed by atoms with E-state index >= 15 is 0 Å². The number of nitrogens with zero attached hydrogens (tertiary/aromatic N) is 2. The molecule has 8 nitrogen and oxygen atoms in total. The van der Waals surface area contributed by atoms with Crippen LogP contribution in [0.2, 0.25) is 0 Å². The van der Waals surface area contributed by atoms with Crippen molar-refractivity contribution in [2.45, 2.75) is 13.5 Å². The lowest BCUT2D eigenvalue weighted by molar-refractivity contribution is -0.384. The van der Waals surface area contributed by atoms with Crippen LogP contribution in [0.5, 0.6) is 5.75 Å². The van der Waals surface area contributed by atoms with E-state index in [1.807, 2.05) is 13.0 Å². The molecular weight excluding hydrogens is 400 g/mol. The van der Waals surface area contributed by atoms with Gasteiger partial charge in [0.2, 0.25) is 0 Å². The van der Waals surface area contributed by atoms with Crippen LogP contribution in [0.4, 0.5) is 11.4 Å². The van der Waals surface area contributed by atoms with Gasteiger partial charge < -0.3 is 14.7 Å². The van der Waals surface area contributed by atoms with Gasteiger partial charge in [0.1, 0.15) is 12.4 Å². The zero-order chi connectivity index (χ0) is 22.5. The number of carboxylic acids is 1. The number of anilines is 1. The molecular formula is C23H20N2O6. The Morgan fingerprint density at radius 2 is 1.61 bits per heavy atom. The summed E-state index contributed by atoms with van der Waals surface area (Å²) in [6.07, 6.45) is 0. The molecule has 0 aromatic heterocycles. The molecule has 0 unspecified atom stereocenters. The van der Waals surface area contributed by atoms with Crippen molar-refractivity contribution in [3.8, 4) is 5.75 Å². The third-order valence-electron chi connectivity index (χ3n) is 4.70. The fourth-order valence-corrected chi connectivity index (χ4v) is 2.95. The number of nitro benzene ring substituents is 1. The lowest BCUT2D eigenvalue weighted by Gasteiger charge is -2.21. The second-order valence-electron chi connectivity index (χ2n) is 6.93. The van der Waals surface area contributed by atoms with Gasteiger partial charge in [0, 0.05) is 24.7 Å². The van der Waals surface area contributed by atoms with Gasteiger partial charge in [-0.3, -0.25) is 14.9 Å². The smallest absolute Gasteiger partial charge is 0.335 e. The number of amides is 1. The SMILES string of the molecule is Cc1ccc(N(C)C(=O)c2ccc([N+](=O)[O-])cc2)c(OCc2ccc(C(=O)O)cc2)c1. The zero-order valence-corrected chi connectivity index (χ0v) is 16.9. The van der Waals surface area contributed by atoms with Crippen LogP contribution in [0.15, 0.2) is 66.7 Å². The van der Waals surface area contributed by atoms with Crippen LogP contribution in [-0.2, 0) is 6.61 Å². The molecule has 31 heavy (non-hydrogen) atoms. The predicted molar refractivity (Wildman–Crippen MR) is 115 cm³/mol. The van der Waals surface area contributed by atoms with Gasteiger partial charge in [-0.1, -0.05) is 18.2 Å². The van der Waals surface area contributed by atoms with Crippen LogP contribution in [-0.4, -0.2) is 29.0 Å². The van der Waals surface area contributed by atoms with Crippen LogP contribution in [0.25, 0.3) is 0 Å². The minimum atomic E-state index is -1.00. The summed E-state index contributed by atoms with van der Waals surface area (Å²) in [7, 11) is 1.60. The van der Waals surface area contributed by atoms with Gasteiger partial charge in [0.05, 0.1) is 16.2 Å². The topological polar surface area (TPSA) is 110 Å². The molecule has 0 spiro atoms. The highest BCUT2D eigenvalue weighted by molar-refractivity contribution is 6.06. The standard InChI is InChI=1S/C23H20N2O6/c1-15-3-12-20(24(2)22(26)17-8-10-19(11-9-17)25(29)30)21(13-15)31-14-16-4-6-18(7-5-16)23(27)28/h3-13H,14H2,1-2H3,(H,27,28). The molecule has 0 aliphatic heterocycles. The first-order valence-corrected chi connectivity index (χ1v) is 9.34.